The summed E-state index contributed by atoms with van der Waals surface area (Å²) in [4.78, 5) is 0. The average molecular weight is 259 g/mol. The van der Waals surface area contributed by atoms with Gasteiger partial charge in [-0.2, -0.15) is 0 Å². The van der Waals surface area contributed by atoms with Crippen LogP contribution in [-0.4, -0.2) is 25.8 Å². The number of aryl methyl sites for hydroxylation is 2. The molecule has 1 aliphatic carbocycles. The van der Waals surface area contributed by atoms with Crippen LogP contribution in [0.15, 0.2) is 18.2 Å². The smallest absolute Gasteiger partial charge is 0.0538 e. The summed E-state index contributed by atoms with van der Waals surface area (Å²) in [6.07, 6.45) is 5.08. The van der Waals surface area contributed by atoms with E-state index >= 15 is 0 Å². The highest BCUT2D eigenvalue weighted by Gasteiger charge is 2.37. The molecule has 2 nitrogen and oxygen atoms in total. The number of nitrogens with one attached hydrogen (secondary N) is 1. The molecule has 1 unspecified atom stereocenters. The quantitative estimate of drug-likeness (QED) is 0.877. The Balaban J connectivity index is 1.76. The van der Waals surface area contributed by atoms with Gasteiger partial charge in [-0.05, 0) is 56.2 Å². The maximum absolute atomic E-state index is 5.73. The molecule has 1 heterocycles. The maximum Gasteiger partial charge on any atom is 0.0538 e. The number of benzene rings is 1. The van der Waals surface area contributed by atoms with E-state index in [0.29, 0.717) is 5.41 Å². The topological polar surface area (TPSA) is 21.3 Å². The highest BCUT2D eigenvalue weighted by atomic mass is 16.5. The van der Waals surface area contributed by atoms with Crippen molar-refractivity contribution in [2.24, 2.45) is 5.41 Å². The molecule has 0 radical (unpaired) electrons. The number of ether oxygens (including phenoxy) is 1. The lowest BCUT2D eigenvalue weighted by Crippen LogP contribution is -2.38. The van der Waals surface area contributed by atoms with E-state index in [1.165, 1.54) is 36.0 Å². The van der Waals surface area contributed by atoms with Crippen LogP contribution in [-0.2, 0) is 11.2 Å². The summed E-state index contributed by atoms with van der Waals surface area (Å²) in [5, 5.41) is 3.72. The van der Waals surface area contributed by atoms with E-state index in [9.17, 15) is 0 Å². The Morgan fingerprint density at radius 3 is 2.58 bits per heavy atom. The minimum Gasteiger partial charge on any atom is -0.381 e. The van der Waals surface area contributed by atoms with Gasteiger partial charge in [-0.15, -0.1) is 0 Å². The summed E-state index contributed by atoms with van der Waals surface area (Å²) < 4.78 is 5.73. The second kappa shape index (κ2) is 5.26. The zero-order valence-electron chi connectivity index (χ0n) is 12.2. The number of hydrogen-bond acceptors (Lipinski definition) is 2. The Hall–Kier alpha value is -0.860. The zero-order chi connectivity index (χ0) is 13.3. The second-order valence-electron chi connectivity index (χ2n) is 6.50. The maximum atomic E-state index is 5.73. The van der Waals surface area contributed by atoms with Crippen molar-refractivity contribution < 1.29 is 4.74 Å². The molecule has 2 fully saturated rings. The monoisotopic (exact) mass is 259 g/mol. The molecule has 1 saturated heterocycles. The zero-order valence-corrected chi connectivity index (χ0v) is 12.2. The molecule has 104 valence electrons. The van der Waals surface area contributed by atoms with Crippen LogP contribution in [0.2, 0.25) is 0 Å². The van der Waals surface area contributed by atoms with Crippen LogP contribution in [0.25, 0.3) is 0 Å². The molecule has 2 heteroatoms. The molecule has 3 rings (SSSR count). The first-order valence-electron chi connectivity index (χ1n) is 7.55. The van der Waals surface area contributed by atoms with E-state index in [1.807, 2.05) is 0 Å². The van der Waals surface area contributed by atoms with Gasteiger partial charge in [0, 0.05) is 24.6 Å². The molecule has 2 aliphatic rings. The first-order chi connectivity index (χ1) is 9.19. The molecular formula is C17H25NO. The van der Waals surface area contributed by atoms with Gasteiger partial charge in [0.05, 0.1) is 6.61 Å². The van der Waals surface area contributed by atoms with Crippen molar-refractivity contribution >= 4 is 0 Å². The Morgan fingerprint density at radius 1 is 1.26 bits per heavy atom. The van der Waals surface area contributed by atoms with Gasteiger partial charge in [-0.1, -0.05) is 18.2 Å². The molecule has 19 heavy (non-hydrogen) atoms. The van der Waals surface area contributed by atoms with Crippen LogP contribution in [0.1, 0.15) is 36.0 Å². The largest absolute Gasteiger partial charge is 0.381 e. The summed E-state index contributed by atoms with van der Waals surface area (Å²) in [5.74, 6) is 0. The third-order valence-corrected chi connectivity index (χ3v) is 4.72. The first kappa shape index (κ1) is 13.1. The fourth-order valence-corrected chi connectivity index (χ4v) is 3.14. The van der Waals surface area contributed by atoms with Crippen molar-refractivity contribution in [2.45, 2.75) is 45.6 Å². The second-order valence-corrected chi connectivity index (χ2v) is 6.50. The fraction of sp³-hybridized carbons (Fsp3) is 0.647. The summed E-state index contributed by atoms with van der Waals surface area (Å²) in [6, 6.07) is 7.42. The lowest BCUT2D eigenvalue weighted by Gasteiger charge is -2.29. The van der Waals surface area contributed by atoms with Gasteiger partial charge < -0.3 is 10.1 Å². The van der Waals surface area contributed by atoms with Crippen molar-refractivity contribution in [1.82, 2.24) is 5.32 Å². The number of hydrogen-bond donors (Lipinski definition) is 1. The predicted molar refractivity (Wildman–Crippen MR) is 78.5 cm³/mol. The molecule has 0 bridgehead atoms. The molecule has 0 aromatic heterocycles. The van der Waals surface area contributed by atoms with Crippen LogP contribution in [0, 0.1) is 19.3 Å². The third kappa shape index (κ3) is 3.01. The first-order valence-corrected chi connectivity index (χ1v) is 7.55. The molecule has 1 aromatic carbocycles. The highest BCUT2D eigenvalue weighted by Crippen LogP contribution is 2.35. The summed E-state index contributed by atoms with van der Waals surface area (Å²) in [7, 11) is 0. The van der Waals surface area contributed by atoms with Gasteiger partial charge in [0.1, 0.15) is 0 Å². The van der Waals surface area contributed by atoms with Gasteiger partial charge in [0.25, 0.3) is 0 Å². The van der Waals surface area contributed by atoms with Crippen molar-refractivity contribution in [3.63, 3.8) is 0 Å². The average Bonchev–Trinajstić information content (AvgIpc) is 3.12. The van der Waals surface area contributed by atoms with E-state index in [0.717, 1.165) is 32.2 Å². The Kier molecular flexibility index (Phi) is 3.64. The SMILES string of the molecule is Cc1cccc(C)c1CC1(CNC2CC2)CCOC1. The lowest BCUT2D eigenvalue weighted by atomic mass is 9.78. The predicted octanol–water partition coefficient (Wildman–Crippen LogP) is 3.00. The summed E-state index contributed by atoms with van der Waals surface area (Å²) in [5.41, 5.74) is 4.71. The normalized spacial score (nSPS) is 26.8. The standard InChI is InChI=1S/C17H25NO/c1-13-4-3-5-14(2)16(13)10-17(8-9-19-12-17)11-18-15-6-7-15/h3-5,15,18H,6-12H2,1-2H3. The van der Waals surface area contributed by atoms with Gasteiger partial charge >= 0.3 is 0 Å². The van der Waals surface area contributed by atoms with Crippen LogP contribution in [0.5, 0.6) is 0 Å². The van der Waals surface area contributed by atoms with Gasteiger partial charge in [0.15, 0.2) is 0 Å². The van der Waals surface area contributed by atoms with Crippen molar-refractivity contribution in [3.05, 3.63) is 34.9 Å². The minimum absolute atomic E-state index is 0.319. The molecule has 1 atom stereocenters. The van der Waals surface area contributed by atoms with Gasteiger partial charge in [-0.3, -0.25) is 0 Å². The molecule has 1 N–H and O–H groups in total. The van der Waals surface area contributed by atoms with Crippen LogP contribution >= 0.6 is 0 Å². The highest BCUT2D eigenvalue weighted by molar-refractivity contribution is 5.34. The van der Waals surface area contributed by atoms with Crippen molar-refractivity contribution in [1.29, 1.82) is 0 Å². The molecular weight excluding hydrogens is 234 g/mol. The van der Waals surface area contributed by atoms with E-state index in [2.05, 4.69) is 37.4 Å². The Morgan fingerprint density at radius 2 is 2.00 bits per heavy atom. The van der Waals surface area contributed by atoms with E-state index in [-0.39, 0.29) is 0 Å². The fourth-order valence-electron chi connectivity index (χ4n) is 3.14. The van der Waals surface area contributed by atoms with E-state index < -0.39 is 0 Å². The van der Waals surface area contributed by atoms with E-state index in [1.54, 1.807) is 0 Å². The molecule has 0 spiro atoms. The molecule has 1 aromatic rings. The van der Waals surface area contributed by atoms with Gasteiger partial charge in [-0.25, -0.2) is 0 Å². The molecule has 1 saturated carbocycles. The van der Waals surface area contributed by atoms with E-state index in [4.69, 9.17) is 4.74 Å². The summed E-state index contributed by atoms with van der Waals surface area (Å²) in [6.45, 7) is 7.43. The van der Waals surface area contributed by atoms with Crippen LogP contribution in [0.3, 0.4) is 0 Å². The lowest BCUT2D eigenvalue weighted by molar-refractivity contribution is 0.149. The van der Waals surface area contributed by atoms with Crippen molar-refractivity contribution in [2.75, 3.05) is 19.8 Å². The minimum atomic E-state index is 0.319. The third-order valence-electron chi connectivity index (χ3n) is 4.72. The van der Waals surface area contributed by atoms with Crippen LogP contribution in [0.4, 0.5) is 0 Å². The molecule has 1 aliphatic heterocycles. The Labute approximate surface area is 116 Å². The number of rotatable bonds is 5. The van der Waals surface area contributed by atoms with Gasteiger partial charge in [0.2, 0.25) is 0 Å². The van der Waals surface area contributed by atoms with Crippen molar-refractivity contribution in [3.8, 4) is 0 Å². The van der Waals surface area contributed by atoms with Crippen LogP contribution < -0.4 is 5.32 Å². The summed E-state index contributed by atoms with van der Waals surface area (Å²) >= 11 is 0. The molecule has 0 amide bonds. The Bertz CT molecular complexity index is 424.